The van der Waals surface area contributed by atoms with E-state index in [1.165, 1.54) is 12.5 Å². The van der Waals surface area contributed by atoms with Crippen molar-refractivity contribution in [1.29, 1.82) is 0 Å². The Hall–Kier alpha value is -2.64. The van der Waals surface area contributed by atoms with Crippen molar-refractivity contribution in [2.45, 2.75) is 25.4 Å². The quantitative estimate of drug-likeness (QED) is 0.416. The second kappa shape index (κ2) is 9.46. The van der Waals surface area contributed by atoms with E-state index in [-0.39, 0.29) is 40.3 Å². The van der Waals surface area contributed by atoms with Crippen LogP contribution in [0.25, 0.3) is 0 Å². The first-order valence-corrected chi connectivity index (χ1v) is 10.7. The van der Waals surface area contributed by atoms with E-state index in [4.69, 9.17) is 17.3 Å². The van der Waals surface area contributed by atoms with Crippen LogP contribution in [0.2, 0.25) is 5.02 Å². The van der Waals surface area contributed by atoms with Gasteiger partial charge in [0.1, 0.15) is 28.5 Å². The molecule has 168 valence electrons. The number of nitrogens with zero attached hydrogens (tertiary/aromatic N) is 4. The van der Waals surface area contributed by atoms with Gasteiger partial charge in [-0.1, -0.05) is 18.5 Å². The number of nitrogen functional groups attached to an aromatic ring is 1. The molecule has 0 saturated carbocycles. The predicted octanol–water partition coefficient (Wildman–Crippen LogP) is 4.97. The van der Waals surface area contributed by atoms with Crippen molar-refractivity contribution in [2.24, 2.45) is 0 Å². The summed E-state index contributed by atoms with van der Waals surface area (Å²) in [4.78, 5) is 40.7. The summed E-state index contributed by atoms with van der Waals surface area (Å²) in [5, 5.41) is 2.20. The lowest BCUT2D eigenvalue weighted by Crippen LogP contribution is -2.13. The number of nitrogens with two attached hydrogens (primary N) is 1. The Kier molecular flexibility index (Phi) is 7.10. The molecule has 0 spiro atoms. The first-order valence-electron chi connectivity index (χ1n) is 8.76. The monoisotopic (exact) mass is 548 g/mol. The number of aromatic nitrogens is 4. The topological polar surface area (TPSA) is 124 Å². The molecule has 8 nitrogen and oxygen atoms in total. The van der Waals surface area contributed by atoms with Gasteiger partial charge in [0, 0.05) is 18.5 Å². The highest BCUT2D eigenvalue weighted by Gasteiger charge is 2.34. The van der Waals surface area contributed by atoms with E-state index in [1.54, 1.807) is 6.92 Å². The molecule has 0 fully saturated rings. The average Bonchev–Trinajstić information content (AvgIpc) is 3.21. The number of ketones is 1. The number of halogens is 5. The molecular formula is C18H13BrClF3N6O2S. The zero-order valence-corrected chi connectivity index (χ0v) is 19.2. The van der Waals surface area contributed by atoms with E-state index in [9.17, 15) is 22.8 Å². The molecular weight excluding hydrogens is 537 g/mol. The number of nitrogens with one attached hydrogen (secondary N) is 1. The van der Waals surface area contributed by atoms with Crippen molar-refractivity contribution in [2.75, 3.05) is 11.1 Å². The molecule has 3 N–H and O–H groups in total. The standard InChI is InChI=1S/C18H13BrClF3N6O2S/c1-7(2-10(30)14-13(19)15(24)28-6-27-14)17-26-5-11(32-17)16(31)29-12-3-8(18(21,22)23)9(20)4-25-12/h3-7H,2H2,1H3,(H2,24,27,28)(H,25,29,31). The van der Waals surface area contributed by atoms with Gasteiger partial charge >= 0.3 is 6.18 Å². The summed E-state index contributed by atoms with van der Waals surface area (Å²) in [6, 6.07) is 0.648. The molecule has 1 amide bonds. The average molecular weight is 550 g/mol. The largest absolute Gasteiger partial charge is 0.418 e. The first-order chi connectivity index (χ1) is 15.0. The van der Waals surface area contributed by atoms with Crippen molar-refractivity contribution < 1.29 is 22.8 Å². The van der Waals surface area contributed by atoms with Gasteiger partial charge in [0.25, 0.3) is 5.91 Å². The van der Waals surface area contributed by atoms with Crippen LogP contribution >= 0.6 is 38.9 Å². The van der Waals surface area contributed by atoms with Gasteiger partial charge in [-0.25, -0.2) is 19.9 Å². The van der Waals surface area contributed by atoms with E-state index in [2.05, 4.69) is 41.2 Å². The van der Waals surface area contributed by atoms with Crippen molar-refractivity contribution in [3.63, 3.8) is 0 Å². The van der Waals surface area contributed by atoms with Crippen molar-refractivity contribution in [3.8, 4) is 0 Å². The number of thiazole rings is 1. The molecule has 0 aliphatic carbocycles. The van der Waals surface area contributed by atoms with E-state index in [0.717, 1.165) is 17.5 Å². The van der Waals surface area contributed by atoms with Gasteiger partial charge < -0.3 is 11.1 Å². The minimum absolute atomic E-state index is 0.0390. The Morgan fingerprint density at radius 1 is 1.25 bits per heavy atom. The Morgan fingerprint density at radius 2 is 1.97 bits per heavy atom. The fourth-order valence-corrected chi connectivity index (χ4v) is 4.06. The highest BCUT2D eigenvalue weighted by atomic mass is 79.9. The number of pyridine rings is 1. The number of hydrogen-bond acceptors (Lipinski definition) is 8. The van der Waals surface area contributed by atoms with Crippen molar-refractivity contribution >= 4 is 62.2 Å². The molecule has 0 aliphatic rings. The van der Waals surface area contributed by atoms with Crippen LogP contribution in [-0.2, 0) is 6.18 Å². The van der Waals surface area contributed by atoms with Crippen LogP contribution in [0.4, 0.5) is 24.8 Å². The number of anilines is 2. The van der Waals surface area contributed by atoms with E-state index in [0.29, 0.717) is 15.5 Å². The van der Waals surface area contributed by atoms with E-state index in [1.807, 2.05) is 0 Å². The molecule has 0 aliphatic heterocycles. The third-order valence-electron chi connectivity index (χ3n) is 4.14. The Morgan fingerprint density at radius 3 is 2.66 bits per heavy atom. The van der Waals surface area contributed by atoms with Crippen molar-refractivity contribution in [1.82, 2.24) is 19.9 Å². The summed E-state index contributed by atoms with van der Waals surface area (Å²) in [6.07, 6.45) is -1.39. The highest BCUT2D eigenvalue weighted by molar-refractivity contribution is 9.10. The molecule has 0 aromatic carbocycles. The first kappa shape index (κ1) is 24.0. The molecule has 3 aromatic rings. The van der Waals surface area contributed by atoms with Gasteiger partial charge in [-0.05, 0) is 22.0 Å². The SMILES string of the molecule is CC(CC(=O)c1ncnc(N)c1Br)c1ncc(C(=O)Nc2cc(C(F)(F)F)c(Cl)cn2)s1. The zero-order valence-electron chi connectivity index (χ0n) is 16.1. The van der Waals surface area contributed by atoms with Crippen LogP contribution in [0.3, 0.4) is 0 Å². The summed E-state index contributed by atoms with van der Waals surface area (Å²) in [5.41, 5.74) is 4.68. The van der Waals surface area contributed by atoms with Crippen LogP contribution in [0.1, 0.15) is 50.0 Å². The third-order valence-corrected chi connectivity index (χ3v) is 6.45. The van der Waals surface area contributed by atoms with Gasteiger partial charge in [0.15, 0.2) is 5.78 Å². The normalized spacial score (nSPS) is 12.4. The van der Waals surface area contributed by atoms with Gasteiger partial charge in [-0.3, -0.25) is 9.59 Å². The summed E-state index contributed by atoms with van der Waals surface area (Å²) < 4.78 is 39.2. The smallest absolute Gasteiger partial charge is 0.383 e. The summed E-state index contributed by atoms with van der Waals surface area (Å²) in [6.45, 7) is 1.74. The van der Waals surface area contributed by atoms with Crippen LogP contribution in [0.15, 0.2) is 29.3 Å². The molecule has 0 bridgehead atoms. The summed E-state index contributed by atoms with van der Waals surface area (Å²) in [7, 11) is 0. The molecule has 3 rings (SSSR count). The minimum Gasteiger partial charge on any atom is -0.383 e. The number of carbonyl (C=O) groups is 2. The Bertz CT molecular complexity index is 1190. The van der Waals surface area contributed by atoms with Crippen LogP contribution in [0.5, 0.6) is 0 Å². The van der Waals surface area contributed by atoms with Gasteiger partial charge in [0.05, 0.1) is 26.3 Å². The summed E-state index contributed by atoms with van der Waals surface area (Å²) >= 11 is 9.72. The van der Waals surface area contributed by atoms with Crippen LogP contribution in [-0.4, -0.2) is 31.6 Å². The molecule has 1 atom stereocenters. The minimum atomic E-state index is -4.69. The predicted molar refractivity (Wildman–Crippen MR) is 116 cm³/mol. The zero-order chi connectivity index (χ0) is 23.6. The Labute approximate surface area is 196 Å². The maximum absolute atomic E-state index is 13.0. The lowest BCUT2D eigenvalue weighted by atomic mass is 10.0. The number of rotatable bonds is 6. The molecule has 0 saturated heterocycles. The fraction of sp³-hybridized carbons (Fsp3) is 0.222. The van der Waals surface area contributed by atoms with E-state index >= 15 is 0 Å². The number of alkyl halides is 3. The molecule has 14 heteroatoms. The van der Waals surface area contributed by atoms with E-state index < -0.39 is 22.7 Å². The molecule has 3 aromatic heterocycles. The van der Waals surface area contributed by atoms with Crippen molar-refractivity contribution in [3.05, 3.63) is 55.4 Å². The van der Waals surface area contributed by atoms with Gasteiger partial charge in [-0.15, -0.1) is 11.3 Å². The molecule has 3 heterocycles. The van der Waals surface area contributed by atoms with Crippen LogP contribution < -0.4 is 11.1 Å². The number of amides is 1. The maximum Gasteiger partial charge on any atom is 0.418 e. The van der Waals surface area contributed by atoms with Gasteiger partial charge in [-0.2, -0.15) is 13.2 Å². The molecule has 32 heavy (non-hydrogen) atoms. The second-order valence-electron chi connectivity index (χ2n) is 6.51. The number of hydrogen-bond donors (Lipinski definition) is 2. The lowest BCUT2D eigenvalue weighted by Gasteiger charge is -2.10. The lowest BCUT2D eigenvalue weighted by molar-refractivity contribution is -0.137. The van der Waals surface area contributed by atoms with Gasteiger partial charge in [0.2, 0.25) is 0 Å². The fourth-order valence-electron chi connectivity index (χ4n) is 2.56. The summed E-state index contributed by atoms with van der Waals surface area (Å²) in [5.74, 6) is -1.53. The third kappa shape index (κ3) is 5.40. The molecule has 1 unspecified atom stereocenters. The highest BCUT2D eigenvalue weighted by Crippen LogP contribution is 2.35. The molecule has 0 radical (unpaired) electrons. The maximum atomic E-state index is 13.0. The Balaban J connectivity index is 1.70. The number of Topliss-reactive ketones (excluding diaryl/α,β-unsaturated/α-hetero) is 1. The van der Waals surface area contributed by atoms with Crippen LogP contribution in [0, 0.1) is 0 Å². The second-order valence-corrected chi connectivity index (χ2v) is 8.78. The number of carbonyl (C=O) groups excluding carboxylic acids is 2.